The fourth-order valence-electron chi connectivity index (χ4n) is 2.61. The molecule has 17 heavy (non-hydrogen) atoms. The highest BCUT2D eigenvalue weighted by Gasteiger charge is 2.22. The minimum absolute atomic E-state index is 0.322. The third kappa shape index (κ3) is 6.12. The Labute approximate surface area is 111 Å². The molecular formula is C14H29NOS. The third-order valence-corrected chi connectivity index (χ3v) is 5.10. The molecule has 1 aliphatic carbocycles. The van der Waals surface area contributed by atoms with Crippen LogP contribution in [0.4, 0.5) is 0 Å². The van der Waals surface area contributed by atoms with Crippen LogP contribution >= 0.6 is 11.8 Å². The van der Waals surface area contributed by atoms with Gasteiger partial charge in [-0.1, -0.05) is 33.1 Å². The zero-order chi connectivity index (χ0) is 12.5. The molecule has 0 aliphatic heterocycles. The van der Waals surface area contributed by atoms with E-state index in [0.29, 0.717) is 18.6 Å². The molecule has 3 heteroatoms. The highest BCUT2D eigenvalue weighted by atomic mass is 32.2. The lowest BCUT2D eigenvalue weighted by Gasteiger charge is -2.31. The van der Waals surface area contributed by atoms with Crippen molar-refractivity contribution in [2.45, 2.75) is 52.0 Å². The molecule has 1 rings (SSSR count). The zero-order valence-electron chi connectivity index (χ0n) is 11.5. The van der Waals surface area contributed by atoms with Crippen LogP contribution < -0.4 is 5.32 Å². The van der Waals surface area contributed by atoms with Gasteiger partial charge in [-0.25, -0.2) is 0 Å². The quantitative estimate of drug-likeness (QED) is 0.703. The third-order valence-electron chi connectivity index (χ3n) is 3.70. The summed E-state index contributed by atoms with van der Waals surface area (Å²) in [5.74, 6) is 3.63. The summed E-state index contributed by atoms with van der Waals surface area (Å²) in [5.41, 5.74) is 0. The molecule has 1 aliphatic rings. The minimum atomic E-state index is 0.322. The smallest absolute Gasteiger partial charge is 0.0464 e. The van der Waals surface area contributed by atoms with E-state index in [9.17, 15) is 0 Å². The summed E-state index contributed by atoms with van der Waals surface area (Å²) in [6, 6.07) is 0.691. The highest BCUT2D eigenvalue weighted by molar-refractivity contribution is 7.99. The topological polar surface area (TPSA) is 32.3 Å². The molecule has 0 amide bonds. The Morgan fingerprint density at radius 3 is 2.53 bits per heavy atom. The van der Waals surface area contributed by atoms with E-state index in [1.165, 1.54) is 37.9 Å². The molecule has 0 aromatic carbocycles. The standard InChI is InChI=1S/C14H29NOS/c1-3-15-14(11-17-10-12(2)9-16)13-7-5-4-6-8-13/h12-16H,3-11H2,1-2H3. The van der Waals surface area contributed by atoms with Gasteiger partial charge in [0.05, 0.1) is 0 Å². The Hall–Kier alpha value is 0.270. The molecule has 0 heterocycles. The zero-order valence-corrected chi connectivity index (χ0v) is 12.3. The first-order chi connectivity index (χ1) is 8.27. The maximum absolute atomic E-state index is 9.02. The maximum atomic E-state index is 9.02. The van der Waals surface area contributed by atoms with Crippen LogP contribution in [0, 0.1) is 11.8 Å². The van der Waals surface area contributed by atoms with E-state index in [1.807, 2.05) is 11.8 Å². The fraction of sp³-hybridized carbons (Fsp3) is 1.00. The minimum Gasteiger partial charge on any atom is -0.396 e. The van der Waals surface area contributed by atoms with Crippen LogP contribution in [0.3, 0.4) is 0 Å². The Kier molecular flexibility index (Phi) is 8.33. The van der Waals surface area contributed by atoms with Crippen molar-refractivity contribution in [1.29, 1.82) is 0 Å². The predicted octanol–water partition coefficient (Wildman–Crippen LogP) is 2.91. The Morgan fingerprint density at radius 2 is 1.94 bits per heavy atom. The van der Waals surface area contributed by atoms with Crippen molar-refractivity contribution in [1.82, 2.24) is 5.32 Å². The number of nitrogens with one attached hydrogen (secondary N) is 1. The molecule has 0 aromatic rings. The van der Waals surface area contributed by atoms with Gasteiger partial charge in [0.15, 0.2) is 0 Å². The SMILES string of the molecule is CCNC(CSCC(C)CO)C1CCCCC1. The summed E-state index contributed by atoms with van der Waals surface area (Å²) < 4.78 is 0. The summed E-state index contributed by atoms with van der Waals surface area (Å²) in [7, 11) is 0. The van der Waals surface area contributed by atoms with E-state index in [0.717, 1.165) is 18.2 Å². The summed E-state index contributed by atoms with van der Waals surface area (Å²) in [6.45, 7) is 5.73. The molecule has 0 saturated heterocycles. The van der Waals surface area contributed by atoms with Crippen molar-refractivity contribution >= 4 is 11.8 Å². The van der Waals surface area contributed by atoms with Crippen LogP contribution in [0.15, 0.2) is 0 Å². The van der Waals surface area contributed by atoms with Crippen LogP contribution in [0.25, 0.3) is 0 Å². The first-order valence-electron chi connectivity index (χ1n) is 7.19. The van der Waals surface area contributed by atoms with Gasteiger partial charge in [0.2, 0.25) is 0 Å². The van der Waals surface area contributed by atoms with Crippen LogP contribution in [0.1, 0.15) is 46.0 Å². The largest absolute Gasteiger partial charge is 0.396 e. The summed E-state index contributed by atoms with van der Waals surface area (Å²) >= 11 is 2.01. The lowest BCUT2D eigenvalue weighted by Crippen LogP contribution is -2.39. The molecule has 2 nitrogen and oxygen atoms in total. The van der Waals surface area contributed by atoms with Crippen LogP contribution in [-0.2, 0) is 0 Å². The van der Waals surface area contributed by atoms with Gasteiger partial charge in [0, 0.05) is 18.4 Å². The lowest BCUT2D eigenvalue weighted by atomic mass is 9.84. The van der Waals surface area contributed by atoms with Gasteiger partial charge in [0.25, 0.3) is 0 Å². The molecule has 102 valence electrons. The molecule has 0 spiro atoms. The van der Waals surface area contributed by atoms with Crippen molar-refractivity contribution < 1.29 is 5.11 Å². The molecular weight excluding hydrogens is 230 g/mol. The van der Waals surface area contributed by atoms with Gasteiger partial charge in [-0.3, -0.25) is 0 Å². The molecule has 2 N–H and O–H groups in total. The molecule has 0 bridgehead atoms. The van der Waals surface area contributed by atoms with E-state index in [4.69, 9.17) is 5.11 Å². The second-order valence-electron chi connectivity index (χ2n) is 5.39. The normalized spacial score (nSPS) is 21.4. The number of aliphatic hydroxyl groups is 1. The fourth-order valence-corrected chi connectivity index (χ4v) is 3.90. The molecule has 0 aromatic heterocycles. The van der Waals surface area contributed by atoms with Gasteiger partial charge < -0.3 is 10.4 Å². The molecule has 1 fully saturated rings. The average Bonchev–Trinajstić information content (AvgIpc) is 2.38. The van der Waals surface area contributed by atoms with Crippen LogP contribution in [-0.4, -0.2) is 35.8 Å². The van der Waals surface area contributed by atoms with E-state index < -0.39 is 0 Å². The van der Waals surface area contributed by atoms with Crippen LogP contribution in [0.2, 0.25) is 0 Å². The number of hydrogen-bond acceptors (Lipinski definition) is 3. The molecule has 1 saturated carbocycles. The van der Waals surface area contributed by atoms with Crippen LogP contribution in [0.5, 0.6) is 0 Å². The van der Waals surface area contributed by atoms with Gasteiger partial charge in [-0.15, -0.1) is 0 Å². The van der Waals surface area contributed by atoms with Gasteiger partial charge in [-0.2, -0.15) is 11.8 Å². The maximum Gasteiger partial charge on any atom is 0.0464 e. The second kappa shape index (κ2) is 9.23. The average molecular weight is 259 g/mol. The second-order valence-corrected chi connectivity index (χ2v) is 6.46. The van der Waals surface area contributed by atoms with Gasteiger partial charge in [0.1, 0.15) is 0 Å². The van der Waals surface area contributed by atoms with Crippen molar-refractivity contribution in [2.75, 3.05) is 24.7 Å². The Bertz CT molecular complexity index is 183. The number of thioether (sulfide) groups is 1. The lowest BCUT2D eigenvalue weighted by molar-refractivity contribution is 0.250. The first kappa shape index (κ1) is 15.3. The van der Waals surface area contributed by atoms with Gasteiger partial charge in [-0.05, 0) is 37.0 Å². The first-order valence-corrected chi connectivity index (χ1v) is 8.35. The summed E-state index contributed by atoms with van der Waals surface area (Å²) in [6.07, 6.45) is 7.10. The molecule has 2 unspecified atom stereocenters. The van der Waals surface area contributed by atoms with Gasteiger partial charge >= 0.3 is 0 Å². The highest BCUT2D eigenvalue weighted by Crippen LogP contribution is 2.28. The molecule has 2 atom stereocenters. The summed E-state index contributed by atoms with van der Waals surface area (Å²) in [5, 5.41) is 12.7. The van der Waals surface area contributed by atoms with Crippen molar-refractivity contribution in [3.05, 3.63) is 0 Å². The van der Waals surface area contributed by atoms with Crippen molar-refractivity contribution in [3.8, 4) is 0 Å². The summed E-state index contributed by atoms with van der Waals surface area (Å²) in [4.78, 5) is 0. The number of aliphatic hydroxyl groups excluding tert-OH is 1. The van der Waals surface area contributed by atoms with Crippen molar-refractivity contribution in [2.24, 2.45) is 11.8 Å². The number of hydrogen-bond donors (Lipinski definition) is 2. The Morgan fingerprint density at radius 1 is 1.24 bits per heavy atom. The van der Waals surface area contributed by atoms with E-state index >= 15 is 0 Å². The monoisotopic (exact) mass is 259 g/mol. The Balaban J connectivity index is 2.26. The van der Waals surface area contributed by atoms with E-state index in [1.54, 1.807) is 0 Å². The molecule has 0 radical (unpaired) electrons. The predicted molar refractivity (Wildman–Crippen MR) is 77.6 cm³/mol. The van der Waals surface area contributed by atoms with Crippen molar-refractivity contribution in [3.63, 3.8) is 0 Å². The van der Waals surface area contributed by atoms with E-state index in [-0.39, 0.29) is 0 Å². The number of rotatable bonds is 8. The van der Waals surface area contributed by atoms with E-state index in [2.05, 4.69) is 19.2 Å².